The van der Waals surface area contributed by atoms with Crippen LogP contribution in [0.15, 0.2) is 101 Å². The Morgan fingerprint density at radius 1 is 0.857 bits per heavy atom. The van der Waals surface area contributed by atoms with Gasteiger partial charge < -0.3 is 8.92 Å². The molecule has 0 saturated heterocycles. The van der Waals surface area contributed by atoms with Crippen molar-refractivity contribution in [3.63, 3.8) is 0 Å². The number of esters is 1. The molecule has 0 fully saturated rings. The third-order valence-electron chi connectivity index (χ3n) is 6.99. The van der Waals surface area contributed by atoms with Gasteiger partial charge in [0.15, 0.2) is 17.3 Å². The Bertz CT molecular complexity index is 1740. The lowest BCUT2D eigenvalue weighted by atomic mass is 10.0. The van der Waals surface area contributed by atoms with Gasteiger partial charge in [-0.3, -0.25) is 4.68 Å². The van der Waals surface area contributed by atoms with Crippen molar-refractivity contribution >= 4 is 39.2 Å². The van der Waals surface area contributed by atoms with Crippen LogP contribution in [0.5, 0.6) is 5.75 Å². The first kappa shape index (κ1) is 29.1. The summed E-state index contributed by atoms with van der Waals surface area (Å²) < 4.78 is 42.9. The topological polar surface area (TPSA) is 53.4 Å². The molecule has 0 N–H and O–H groups in total. The second-order valence-corrected chi connectivity index (χ2v) is 14.2. The highest BCUT2D eigenvalue weighted by molar-refractivity contribution is 8.31. The molecule has 5 nitrogen and oxygen atoms in total. The minimum absolute atomic E-state index is 0.107. The lowest BCUT2D eigenvalue weighted by molar-refractivity contribution is 0.0593. The first-order valence-electron chi connectivity index (χ1n) is 13.4. The van der Waals surface area contributed by atoms with Gasteiger partial charge in [0.25, 0.3) is 0 Å². The third kappa shape index (κ3) is 5.30. The maximum atomic E-state index is 15.3. The van der Waals surface area contributed by atoms with Crippen molar-refractivity contribution in [3.05, 3.63) is 120 Å². The first-order chi connectivity index (χ1) is 20.0. The van der Waals surface area contributed by atoms with E-state index < -0.39 is 32.7 Å². The van der Waals surface area contributed by atoms with Crippen molar-refractivity contribution in [2.24, 2.45) is 7.05 Å². The van der Waals surface area contributed by atoms with Gasteiger partial charge in [0.2, 0.25) is 0 Å². The van der Waals surface area contributed by atoms with Crippen molar-refractivity contribution < 1.29 is 22.5 Å². The number of fused-ring (bicyclic) bond motifs is 1. The number of hydrogen-bond donors (Lipinski definition) is 0. The Morgan fingerprint density at radius 3 is 2.05 bits per heavy atom. The minimum atomic E-state index is -2.24. The predicted octanol–water partition coefficient (Wildman–Crippen LogP) is 8.82. The van der Waals surface area contributed by atoms with Crippen LogP contribution in [-0.2, 0) is 11.8 Å². The summed E-state index contributed by atoms with van der Waals surface area (Å²) in [5.74, 6) is -2.00. The predicted molar refractivity (Wildman–Crippen MR) is 165 cm³/mol. The summed E-state index contributed by atoms with van der Waals surface area (Å²) >= 11 is 0. The highest BCUT2D eigenvalue weighted by atomic mass is 32.3. The number of carbonyl (C=O) groups excluding carboxylic acids is 1. The molecular weight excluding hydrogens is 554 g/mol. The van der Waals surface area contributed by atoms with Crippen LogP contribution in [-0.4, -0.2) is 27.6 Å². The molecule has 0 bridgehead atoms. The van der Waals surface area contributed by atoms with E-state index in [1.165, 1.54) is 7.11 Å². The number of ether oxygens (including phenoxy) is 1. The smallest absolute Gasteiger partial charge is 0.358 e. The fourth-order valence-corrected chi connectivity index (χ4v) is 8.59. The van der Waals surface area contributed by atoms with Gasteiger partial charge in [-0.05, 0) is 97.3 Å². The summed E-state index contributed by atoms with van der Waals surface area (Å²) in [6.45, 7) is 6.40. The average molecular weight is 587 g/mol. The Morgan fingerprint density at radius 2 is 1.48 bits per heavy atom. The van der Waals surface area contributed by atoms with Gasteiger partial charge in [0.1, 0.15) is 5.75 Å². The molecule has 0 aliphatic carbocycles. The monoisotopic (exact) mass is 586 g/mol. The van der Waals surface area contributed by atoms with E-state index in [2.05, 4.69) is 50.1 Å². The molecule has 0 amide bonds. The molecule has 5 rings (SSSR count). The van der Waals surface area contributed by atoms with Crippen molar-refractivity contribution in [2.75, 3.05) is 7.11 Å². The zero-order chi connectivity index (χ0) is 30.1. The van der Waals surface area contributed by atoms with Gasteiger partial charge in [-0.25, -0.2) is 13.6 Å². The Balaban J connectivity index is 1.72. The second-order valence-electron chi connectivity index (χ2n) is 10.8. The second kappa shape index (κ2) is 11.4. The first-order valence-corrected chi connectivity index (χ1v) is 15.0. The van der Waals surface area contributed by atoms with E-state index in [0.29, 0.717) is 22.4 Å². The molecule has 0 radical (unpaired) electrons. The standard InChI is InChI=1S/C34H32F2N2O3S/c1-34(2,3)42(25-12-8-6-9-13-25,26-14-10-7-11-15-26)41-31-21-23(20-28-27(31)18-19-29(35)32(28)36)16-17-24-22-30(33(39)40-5)37-38(24)4/h6-22H,1-5H3/b17-16+. The van der Waals surface area contributed by atoms with Gasteiger partial charge in [0, 0.05) is 32.4 Å². The Hall–Kier alpha value is -4.43. The SMILES string of the molecule is COC(=O)c1cc(/C=C/c2cc(OS(c3ccccc3)(c3ccccc3)C(C)(C)C)c3ccc(F)c(F)c3c2)n(C)n1. The van der Waals surface area contributed by atoms with Gasteiger partial charge in [-0.2, -0.15) is 5.10 Å². The molecule has 0 atom stereocenters. The van der Waals surface area contributed by atoms with Gasteiger partial charge >= 0.3 is 5.97 Å². The van der Waals surface area contributed by atoms with Crippen LogP contribution in [0.3, 0.4) is 0 Å². The molecule has 1 heterocycles. The van der Waals surface area contributed by atoms with E-state index in [0.717, 1.165) is 15.9 Å². The maximum Gasteiger partial charge on any atom is 0.358 e. The van der Waals surface area contributed by atoms with Gasteiger partial charge in [-0.15, -0.1) is 0 Å². The summed E-state index contributed by atoms with van der Waals surface area (Å²) in [6.07, 6.45) is 3.51. The van der Waals surface area contributed by atoms with Crippen LogP contribution in [0.2, 0.25) is 0 Å². The zero-order valence-electron chi connectivity index (χ0n) is 24.1. The third-order valence-corrected chi connectivity index (χ3v) is 11.0. The molecule has 42 heavy (non-hydrogen) atoms. The molecule has 0 saturated carbocycles. The normalized spacial score (nSPS) is 12.5. The number of rotatable bonds is 7. The lowest BCUT2D eigenvalue weighted by Crippen LogP contribution is -2.30. The van der Waals surface area contributed by atoms with Crippen LogP contribution in [0.1, 0.15) is 42.5 Å². The Labute approximate surface area is 245 Å². The molecule has 5 aromatic rings. The van der Waals surface area contributed by atoms with Crippen LogP contribution in [0.4, 0.5) is 8.78 Å². The summed E-state index contributed by atoms with van der Waals surface area (Å²) in [4.78, 5) is 14.0. The van der Waals surface area contributed by atoms with Crippen LogP contribution >= 0.6 is 10.3 Å². The number of aryl methyl sites for hydroxylation is 1. The van der Waals surface area contributed by atoms with Gasteiger partial charge in [-0.1, -0.05) is 42.5 Å². The minimum Gasteiger partial charge on any atom is -0.464 e. The van der Waals surface area contributed by atoms with Crippen LogP contribution < -0.4 is 4.18 Å². The highest BCUT2D eigenvalue weighted by Crippen LogP contribution is 2.71. The van der Waals surface area contributed by atoms with Crippen molar-refractivity contribution in [1.29, 1.82) is 0 Å². The van der Waals surface area contributed by atoms with Crippen molar-refractivity contribution in [3.8, 4) is 5.75 Å². The number of halogens is 2. The van der Waals surface area contributed by atoms with E-state index in [1.54, 1.807) is 42.1 Å². The number of benzene rings is 4. The fraction of sp³-hybridized carbons (Fsp3) is 0.176. The quantitative estimate of drug-likeness (QED) is 0.179. The van der Waals surface area contributed by atoms with Crippen molar-refractivity contribution in [1.82, 2.24) is 9.78 Å². The summed E-state index contributed by atoms with van der Waals surface area (Å²) in [7, 11) is 0.755. The van der Waals surface area contributed by atoms with Crippen LogP contribution in [0, 0.1) is 11.6 Å². The largest absolute Gasteiger partial charge is 0.464 e. The van der Waals surface area contributed by atoms with E-state index in [9.17, 15) is 9.18 Å². The van der Waals surface area contributed by atoms with Crippen LogP contribution in [0.25, 0.3) is 22.9 Å². The van der Waals surface area contributed by atoms with E-state index in [4.69, 9.17) is 8.92 Å². The molecule has 0 unspecified atom stereocenters. The lowest BCUT2D eigenvalue weighted by Gasteiger charge is -2.50. The number of methoxy groups -OCH3 is 1. The number of carbonyl (C=O) groups is 1. The number of nitrogens with zero attached hydrogens (tertiary/aromatic N) is 2. The highest BCUT2D eigenvalue weighted by Gasteiger charge is 2.43. The summed E-state index contributed by atoms with van der Waals surface area (Å²) in [6, 6.07) is 27.8. The van der Waals surface area contributed by atoms with Gasteiger partial charge in [0.05, 0.1) is 12.8 Å². The zero-order valence-corrected chi connectivity index (χ0v) is 24.9. The molecule has 216 valence electrons. The maximum absolute atomic E-state index is 15.3. The van der Waals surface area contributed by atoms with Crippen molar-refractivity contribution in [2.45, 2.75) is 35.3 Å². The molecule has 0 aliphatic heterocycles. The number of aromatic nitrogens is 2. The molecule has 1 aromatic heterocycles. The summed E-state index contributed by atoms with van der Waals surface area (Å²) in [5.41, 5.74) is 1.38. The van der Waals surface area contributed by atoms with E-state index >= 15 is 4.39 Å². The molecule has 4 aromatic carbocycles. The molecule has 0 aliphatic rings. The Kier molecular flexibility index (Phi) is 7.93. The molecular formula is C34H32F2N2O3S. The summed E-state index contributed by atoms with van der Waals surface area (Å²) in [5, 5.41) is 4.76. The average Bonchev–Trinajstić information content (AvgIpc) is 3.36. The van der Waals surface area contributed by atoms with E-state index in [-0.39, 0.29) is 11.1 Å². The fourth-order valence-electron chi connectivity index (χ4n) is 4.97. The molecule has 8 heteroatoms. The van der Waals surface area contributed by atoms with E-state index in [1.807, 2.05) is 42.5 Å². The molecule has 0 spiro atoms. The number of hydrogen-bond acceptors (Lipinski definition) is 4.